The van der Waals surface area contributed by atoms with Crippen LogP contribution >= 0.6 is 12.6 Å². The van der Waals surface area contributed by atoms with E-state index in [-0.39, 0.29) is 5.78 Å². The van der Waals surface area contributed by atoms with Crippen molar-refractivity contribution in [2.75, 3.05) is 0 Å². The zero-order valence-corrected chi connectivity index (χ0v) is 17.6. The third-order valence-corrected chi connectivity index (χ3v) is 4.93. The first-order chi connectivity index (χ1) is 13.6. The summed E-state index contributed by atoms with van der Waals surface area (Å²) in [5.74, 6) is -0.627. The first-order valence-electron chi connectivity index (χ1n) is 9.14. The predicted molar refractivity (Wildman–Crippen MR) is 117 cm³/mol. The second-order valence-electron chi connectivity index (χ2n) is 7.55. The van der Waals surface area contributed by atoms with E-state index in [9.17, 15) is 14.7 Å². The fraction of sp³-hybridized carbons (Fsp3) is 0.217. The fourth-order valence-corrected chi connectivity index (χ4v) is 3.25. The van der Waals surface area contributed by atoms with E-state index in [1.165, 1.54) is 19.9 Å². The van der Waals surface area contributed by atoms with Gasteiger partial charge in [-0.15, -0.1) is 12.6 Å². The maximum absolute atomic E-state index is 12.5. The smallest absolute Gasteiger partial charge is 0.347 e. The van der Waals surface area contributed by atoms with Gasteiger partial charge in [0.1, 0.15) is 5.75 Å². The molecular formula is C23H23NO4S. The van der Waals surface area contributed by atoms with Crippen LogP contribution in [0.2, 0.25) is 0 Å². The molecule has 0 aliphatic rings. The van der Waals surface area contributed by atoms with Crippen LogP contribution in [-0.4, -0.2) is 27.4 Å². The summed E-state index contributed by atoms with van der Waals surface area (Å²) in [7, 11) is 0. The van der Waals surface area contributed by atoms with Gasteiger partial charge in [0.15, 0.2) is 5.60 Å². The van der Waals surface area contributed by atoms with Gasteiger partial charge in [-0.3, -0.25) is 4.79 Å². The summed E-state index contributed by atoms with van der Waals surface area (Å²) >= 11 is 4.31. The third-order valence-electron chi connectivity index (χ3n) is 4.65. The zero-order chi connectivity index (χ0) is 21.3. The molecule has 0 aliphatic carbocycles. The van der Waals surface area contributed by atoms with Gasteiger partial charge in [0.05, 0.1) is 5.69 Å². The molecule has 2 N–H and O–H groups in total. The lowest BCUT2D eigenvalue weighted by atomic mass is 10.0. The average Bonchev–Trinajstić information content (AvgIpc) is 3.05. The molecule has 0 amide bonds. The van der Waals surface area contributed by atoms with Crippen molar-refractivity contribution in [3.05, 3.63) is 64.9 Å². The number of thiol groups is 1. The number of ether oxygens (including phenoxy) is 1. The van der Waals surface area contributed by atoms with Crippen LogP contribution in [0.25, 0.3) is 17.0 Å². The summed E-state index contributed by atoms with van der Waals surface area (Å²) in [6.07, 6.45) is 3.26. The summed E-state index contributed by atoms with van der Waals surface area (Å²) < 4.78 is 5.72. The Hall–Kier alpha value is -2.99. The van der Waals surface area contributed by atoms with Crippen molar-refractivity contribution in [2.45, 2.75) is 38.2 Å². The van der Waals surface area contributed by atoms with Gasteiger partial charge >= 0.3 is 5.97 Å². The molecule has 0 bridgehead atoms. The topological polar surface area (TPSA) is 79.4 Å². The Bertz CT molecular complexity index is 1120. The molecule has 29 heavy (non-hydrogen) atoms. The Morgan fingerprint density at radius 3 is 2.38 bits per heavy atom. The van der Waals surface area contributed by atoms with E-state index in [0.717, 1.165) is 32.5 Å². The van der Waals surface area contributed by atoms with Gasteiger partial charge in [-0.2, -0.15) is 0 Å². The maximum Gasteiger partial charge on any atom is 0.347 e. The summed E-state index contributed by atoms with van der Waals surface area (Å²) in [6, 6.07) is 11.2. The second-order valence-corrected chi connectivity index (χ2v) is 8.07. The van der Waals surface area contributed by atoms with Crippen molar-refractivity contribution < 1.29 is 19.4 Å². The first-order valence-corrected chi connectivity index (χ1v) is 9.59. The van der Waals surface area contributed by atoms with Crippen LogP contribution in [0.1, 0.15) is 41.0 Å². The Morgan fingerprint density at radius 1 is 1.10 bits per heavy atom. The fourth-order valence-electron chi connectivity index (χ4n) is 3.05. The highest BCUT2D eigenvalue weighted by molar-refractivity contribution is 7.80. The standard InChI is InChI=1S/C23H23NO4S/c1-13-9-15(10-14(2)21(13)28-23(3,4)22(26)27)5-8-20(25)19-11-16-6-7-17(29)12-18(16)24-19/h5-12,24,29H,1-4H3,(H,26,27)/b8-5+. The molecule has 3 aromatic rings. The summed E-state index contributed by atoms with van der Waals surface area (Å²) in [4.78, 5) is 27.8. The predicted octanol–water partition coefficient (Wildman–Crippen LogP) is 5.21. The molecule has 1 heterocycles. The summed E-state index contributed by atoms with van der Waals surface area (Å²) in [5, 5.41) is 10.2. The Balaban J connectivity index is 1.82. The molecule has 0 spiro atoms. The average molecular weight is 410 g/mol. The summed E-state index contributed by atoms with van der Waals surface area (Å²) in [5.41, 5.74) is 2.49. The Kier molecular flexibility index (Phi) is 5.57. The molecule has 1 aromatic heterocycles. The van der Waals surface area contributed by atoms with Crippen LogP contribution in [0.15, 0.2) is 47.4 Å². The van der Waals surface area contributed by atoms with Crippen LogP contribution in [-0.2, 0) is 4.79 Å². The number of rotatable bonds is 6. The number of H-pyrrole nitrogens is 1. The van der Waals surface area contributed by atoms with E-state index >= 15 is 0 Å². The van der Waals surface area contributed by atoms with E-state index in [1.807, 2.05) is 50.2 Å². The van der Waals surface area contributed by atoms with Gasteiger partial charge in [0, 0.05) is 15.8 Å². The lowest BCUT2D eigenvalue weighted by Gasteiger charge is -2.24. The van der Waals surface area contributed by atoms with Gasteiger partial charge in [-0.05, 0) is 80.8 Å². The number of carboxylic acid groups (broad SMARTS) is 1. The van der Waals surface area contributed by atoms with E-state index in [1.54, 1.807) is 6.08 Å². The van der Waals surface area contributed by atoms with Crippen LogP contribution in [0, 0.1) is 13.8 Å². The number of hydrogen-bond donors (Lipinski definition) is 3. The lowest BCUT2D eigenvalue weighted by Crippen LogP contribution is -2.38. The van der Waals surface area contributed by atoms with Crippen LogP contribution < -0.4 is 4.74 Å². The van der Waals surface area contributed by atoms with Crippen molar-refractivity contribution >= 4 is 41.4 Å². The molecular weight excluding hydrogens is 386 g/mol. The number of aromatic nitrogens is 1. The Morgan fingerprint density at radius 2 is 1.76 bits per heavy atom. The van der Waals surface area contributed by atoms with Crippen LogP contribution in [0.3, 0.4) is 0 Å². The highest BCUT2D eigenvalue weighted by Gasteiger charge is 2.30. The second kappa shape index (κ2) is 7.79. The maximum atomic E-state index is 12.5. The molecule has 0 radical (unpaired) electrons. The number of aliphatic carboxylic acids is 1. The molecule has 0 fully saturated rings. The highest BCUT2D eigenvalue weighted by atomic mass is 32.1. The van der Waals surface area contributed by atoms with Crippen molar-refractivity contribution in [1.82, 2.24) is 4.98 Å². The van der Waals surface area contributed by atoms with Crippen molar-refractivity contribution in [3.8, 4) is 5.75 Å². The van der Waals surface area contributed by atoms with E-state index in [0.29, 0.717) is 11.4 Å². The number of hydrogen-bond acceptors (Lipinski definition) is 4. The molecule has 5 nitrogen and oxygen atoms in total. The van der Waals surface area contributed by atoms with E-state index < -0.39 is 11.6 Å². The minimum Gasteiger partial charge on any atom is -0.478 e. The summed E-state index contributed by atoms with van der Waals surface area (Å²) in [6.45, 7) is 6.73. The van der Waals surface area contributed by atoms with E-state index in [2.05, 4.69) is 17.6 Å². The monoisotopic (exact) mass is 409 g/mol. The van der Waals surface area contributed by atoms with Crippen LogP contribution in [0.4, 0.5) is 0 Å². The molecule has 0 aliphatic heterocycles. The number of ketones is 1. The molecule has 0 saturated carbocycles. The number of carboxylic acids is 1. The number of aryl methyl sites for hydroxylation is 2. The SMILES string of the molecule is Cc1cc(/C=C/C(=O)c2cc3ccc(S)cc3[nH]2)cc(C)c1OC(C)(C)C(=O)O. The highest BCUT2D eigenvalue weighted by Crippen LogP contribution is 2.29. The number of nitrogens with one attached hydrogen (secondary N) is 1. The minimum atomic E-state index is -1.33. The molecule has 150 valence electrons. The Labute approximate surface area is 174 Å². The van der Waals surface area contributed by atoms with Gasteiger partial charge in [-0.25, -0.2) is 4.79 Å². The number of fused-ring (bicyclic) bond motifs is 1. The van der Waals surface area contributed by atoms with E-state index in [4.69, 9.17) is 4.74 Å². The van der Waals surface area contributed by atoms with Gasteiger partial charge < -0.3 is 14.8 Å². The van der Waals surface area contributed by atoms with Crippen molar-refractivity contribution in [2.24, 2.45) is 0 Å². The van der Waals surface area contributed by atoms with Gasteiger partial charge in [-0.1, -0.05) is 12.1 Å². The number of carbonyl (C=O) groups excluding carboxylic acids is 1. The number of allylic oxidation sites excluding steroid dienone is 1. The van der Waals surface area contributed by atoms with Gasteiger partial charge in [0.2, 0.25) is 5.78 Å². The minimum absolute atomic E-state index is 0.135. The third kappa shape index (κ3) is 4.54. The van der Waals surface area contributed by atoms with Crippen molar-refractivity contribution in [3.63, 3.8) is 0 Å². The number of benzene rings is 2. The van der Waals surface area contributed by atoms with Crippen molar-refractivity contribution in [1.29, 1.82) is 0 Å². The normalized spacial score (nSPS) is 11.9. The molecule has 0 unspecified atom stereocenters. The molecule has 2 aromatic carbocycles. The molecule has 6 heteroatoms. The zero-order valence-electron chi connectivity index (χ0n) is 16.7. The van der Waals surface area contributed by atoms with Crippen LogP contribution in [0.5, 0.6) is 5.75 Å². The number of carbonyl (C=O) groups is 2. The lowest BCUT2D eigenvalue weighted by molar-refractivity contribution is -0.152. The molecule has 3 rings (SSSR count). The largest absolute Gasteiger partial charge is 0.478 e. The first kappa shape index (κ1) is 20.7. The number of aromatic amines is 1. The molecule has 0 atom stereocenters. The molecule has 0 saturated heterocycles. The quantitative estimate of drug-likeness (QED) is 0.297. The van der Waals surface area contributed by atoms with Gasteiger partial charge in [0.25, 0.3) is 0 Å².